The van der Waals surface area contributed by atoms with Gasteiger partial charge in [-0.05, 0) is 18.7 Å². The molecular formula is C15H19ClN4OS. The number of rotatable bonds is 3. The van der Waals surface area contributed by atoms with Crippen molar-refractivity contribution < 1.29 is 4.79 Å². The number of hydrogen-bond acceptors (Lipinski definition) is 5. The molecule has 0 unspecified atom stereocenters. The van der Waals surface area contributed by atoms with Crippen molar-refractivity contribution in [3.63, 3.8) is 0 Å². The number of nitrogens with zero attached hydrogens (tertiary/aromatic N) is 2. The van der Waals surface area contributed by atoms with E-state index in [1.54, 1.807) is 0 Å². The van der Waals surface area contributed by atoms with Crippen molar-refractivity contribution >= 4 is 35.3 Å². The Bertz CT molecular complexity index is 673. The number of thiazole rings is 1. The Morgan fingerprint density at radius 2 is 2.23 bits per heavy atom. The van der Waals surface area contributed by atoms with E-state index in [4.69, 9.17) is 5.73 Å². The van der Waals surface area contributed by atoms with Gasteiger partial charge in [0.2, 0.25) is 0 Å². The topological polar surface area (TPSA) is 71.2 Å². The first kappa shape index (κ1) is 16.9. The van der Waals surface area contributed by atoms with Crippen molar-refractivity contribution in [1.29, 1.82) is 0 Å². The third kappa shape index (κ3) is 3.47. The van der Waals surface area contributed by atoms with E-state index in [0.717, 1.165) is 36.5 Å². The highest BCUT2D eigenvalue weighted by atomic mass is 35.5. The van der Waals surface area contributed by atoms with Crippen LogP contribution in [0.5, 0.6) is 0 Å². The first-order valence-electron chi connectivity index (χ1n) is 6.94. The Labute approximate surface area is 139 Å². The van der Waals surface area contributed by atoms with E-state index in [1.165, 1.54) is 16.2 Å². The predicted octanol–water partition coefficient (Wildman–Crippen LogP) is 2.26. The molecule has 1 aliphatic heterocycles. The molecule has 1 amide bonds. The first-order chi connectivity index (χ1) is 10.2. The number of amides is 1. The first-order valence-corrected chi connectivity index (χ1v) is 7.75. The fourth-order valence-corrected chi connectivity index (χ4v) is 3.50. The molecule has 0 saturated heterocycles. The van der Waals surface area contributed by atoms with Crippen LogP contribution in [-0.4, -0.2) is 29.4 Å². The summed E-state index contributed by atoms with van der Waals surface area (Å²) in [4.78, 5) is 20.3. The summed E-state index contributed by atoms with van der Waals surface area (Å²) in [6.07, 6.45) is 0.912. The van der Waals surface area contributed by atoms with E-state index in [0.29, 0.717) is 11.6 Å². The Balaban J connectivity index is 0.00000176. The van der Waals surface area contributed by atoms with Gasteiger partial charge in [0.25, 0.3) is 5.91 Å². The molecule has 1 aromatic carbocycles. The van der Waals surface area contributed by atoms with Crippen LogP contribution in [-0.2, 0) is 19.5 Å². The second-order valence-corrected chi connectivity index (χ2v) is 6.28. The van der Waals surface area contributed by atoms with Crippen LogP contribution in [0.2, 0.25) is 0 Å². The molecule has 0 spiro atoms. The third-order valence-corrected chi connectivity index (χ3v) is 4.68. The molecule has 3 rings (SSSR count). The van der Waals surface area contributed by atoms with E-state index in [-0.39, 0.29) is 18.3 Å². The van der Waals surface area contributed by atoms with Gasteiger partial charge in [0, 0.05) is 36.6 Å². The molecule has 0 atom stereocenters. The number of para-hydroxylation sites is 1. The van der Waals surface area contributed by atoms with E-state index < -0.39 is 0 Å². The molecule has 1 aliphatic rings. The van der Waals surface area contributed by atoms with Crippen molar-refractivity contribution in [2.24, 2.45) is 5.73 Å². The summed E-state index contributed by atoms with van der Waals surface area (Å²) >= 11 is 1.48. The molecule has 0 radical (unpaired) electrons. The van der Waals surface area contributed by atoms with Crippen molar-refractivity contribution in [1.82, 2.24) is 9.88 Å². The van der Waals surface area contributed by atoms with E-state index in [2.05, 4.69) is 22.2 Å². The SMILES string of the molecule is CN1CCc2nc(C(=O)Nc3ccccc3CN)sc2C1.Cl. The van der Waals surface area contributed by atoms with Crippen LogP contribution in [0.15, 0.2) is 24.3 Å². The van der Waals surface area contributed by atoms with Crippen molar-refractivity contribution in [2.75, 3.05) is 18.9 Å². The van der Waals surface area contributed by atoms with Gasteiger partial charge in [-0.1, -0.05) is 18.2 Å². The Morgan fingerprint density at radius 3 is 3.00 bits per heavy atom. The van der Waals surface area contributed by atoms with Crippen molar-refractivity contribution in [3.05, 3.63) is 45.4 Å². The Kier molecular flexibility index (Phi) is 5.52. The number of likely N-dealkylation sites (N-methyl/N-ethyl adjacent to an activating group) is 1. The highest BCUT2D eigenvalue weighted by Gasteiger charge is 2.21. The van der Waals surface area contributed by atoms with Crippen LogP contribution in [0.25, 0.3) is 0 Å². The standard InChI is InChI=1S/C15H18N4OS.ClH/c1-19-7-6-12-13(9-19)21-15(18-12)14(20)17-11-5-3-2-4-10(11)8-16;/h2-5H,6-9,16H2,1H3,(H,17,20);1H. The zero-order valence-electron chi connectivity index (χ0n) is 12.3. The van der Waals surface area contributed by atoms with Gasteiger partial charge < -0.3 is 16.0 Å². The summed E-state index contributed by atoms with van der Waals surface area (Å²) in [6.45, 7) is 2.27. The minimum atomic E-state index is -0.155. The third-order valence-electron chi connectivity index (χ3n) is 3.60. The number of hydrogen-bond donors (Lipinski definition) is 2. The van der Waals surface area contributed by atoms with Crippen LogP contribution < -0.4 is 11.1 Å². The van der Waals surface area contributed by atoms with Crippen LogP contribution in [0.4, 0.5) is 5.69 Å². The van der Waals surface area contributed by atoms with Gasteiger partial charge >= 0.3 is 0 Å². The number of carbonyl (C=O) groups is 1. The van der Waals surface area contributed by atoms with Gasteiger partial charge in [-0.25, -0.2) is 4.98 Å². The van der Waals surface area contributed by atoms with Gasteiger partial charge in [0.05, 0.1) is 5.69 Å². The fraction of sp³-hybridized carbons (Fsp3) is 0.333. The van der Waals surface area contributed by atoms with Crippen LogP contribution in [0.3, 0.4) is 0 Å². The number of aromatic nitrogens is 1. The smallest absolute Gasteiger partial charge is 0.284 e. The van der Waals surface area contributed by atoms with Gasteiger partial charge in [-0.15, -0.1) is 23.7 Å². The van der Waals surface area contributed by atoms with Crippen molar-refractivity contribution in [2.45, 2.75) is 19.5 Å². The molecule has 0 bridgehead atoms. The van der Waals surface area contributed by atoms with E-state index in [9.17, 15) is 4.79 Å². The maximum absolute atomic E-state index is 12.4. The molecule has 3 N–H and O–H groups in total. The van der Waals surface area contributed by atoms with E-state index >= 15 is 0 Å². The lowest BCUT2D eigenvalue weighted by atomic mass is 10.2. The number of carbonyl (C=O) groups excluding carboxylic acids is 1. The number of fused-ring (bicyclic) bond motifs is 1. The summed E-state index contributed by atoms with van der Waals surface area (Å²) in [6, 6.07) is 7.57. The van der Waals surface area contributed by atoms with Gasteiger partial charge in [-0.3, -0.25) is 4.79 Å². The zero-order chi connectivity index (χ0) is 14.8. The maximum Gasteiger partial charge on any atom is 0.284 e. The normalized spacial score (nSPS) is 14.1. The quantitative estimate of drug-likeness (QED) is 0.900. The highest BCUT2D eigenvalue weighted by molar-refractivity contribution is 7.13. The lowest BCUT2D eigenvalue weighted by Crippen LogP contribution is -2.25. The molecule has 2 aromatic rings. The summed E-state index contributed by atoms with van der Waals surface area (Å²) in [7, 11) is 2.08. The summed E-state index contributed by atoms with van der Waals surface area (Å²) in [5, 5.41) is 3.44. The van der Waals surface area contributed by atoms with Crippen molar-refractivity contribution in [3.8, 4) is 0 Å². The predicted molar refractivity (Wildman–Crippen MR) is 91.7 cm³/mol. The number of nitrogens with one attached hydrogen (secondary N) is 1. The molecule has 7 heteroatoms. The molecule has 0 saturated carbocycles. The average molecular weight is 339 g/mol. The molecule has 22 heavy (non-hydrogen) atoms. The van der Waals surface area contributed by atoms with Crippen LogP contribution in [0, 0.1) is 0 Å². The maximum atomic E-state index is 12.4. The van der Waals surface area contributed by atoms with Gasteiger partial charge in [0.15, 0.2) is 5.01 Å². The summed E-state index contributed by atoms with van der Waals surface area (Å²) < 4.78 is 0. The molecule has 118 valence electrons. The van der Waals surface area contributed by atoms with Crippen LogP contribution in [0.1, 0.15) is 25.9 Å². The lowest BCUT2D eigenvalue weighted by molar-refractivity contribution is 0.102. The Morgan fingerprint density at radius 1 is 1.45 bits per heavy atom. The number of benzene rings is 1. The largest absolute Gasteiger partial charge is 0.326 e. The highest BCUT2D eigenvalue weighted by Crippen LogP contribution is 2.25. The van der Waals surface area contributed by atoms with Crippen LogP contribution >= 0.6 is 23.7 Å². The second kappa shape index (κ2) is 7.19. The lowest BCUT2D eigenvalue weighted by Gasteiger charge is -2.20. The number of halogens is 1. The fourth-order valence-electron chi connectivity index (χ4n) is 2.42. The molecule has 0 aliphatic carbocycles. The molecule has 1 aromatic heterocycles. The molecule has 5 nitrogen and oxygen atoms in total. The minimum absolute atomic E-state index is 0. The molecular weight excluding hydrogens is 320 g/mol. The number of anilines is 1. The summed E-state index contributed by atoms with van der Waals surface area (Å²) in [5.74, 6) is -0.155. The average Bonchev–Trinajstić information content (AvgIpc) is 2.91. The summed E-state index contributed by atoms with van der Waals surface area (Å²) in [5.41, 5.74) is 8.44. The molecule has 2 heterocycles. The number of nitrogens with two attached hydrogens (primary N) is 1. The second-order valence-electron chi connectivity index (χ2n) is 5.19. The Hall–Kier alpha value is -1.47. The van der Waals surface area contributed by atoms with Gasteiger partial charge in [0.1, 0.15) is 0 Å². The minimum Gasteiger partial charge on any atom is -0.326 e. The monoisotopic (exact) mass is 338 g/mol. The van der Waals surface area contributed by atoms with E-state index in [1.807, 2.05) is 24.3 Å². The zero-order valence-corrected chi connectivity index (χ0v) is 14.0. The van der Waals surface area contributed by atoms with Gasteiger partial charge in [-0.2, -0.15) is 0 Å². The molecule has 0 fully saturated rings.